The van der Waals surface area contributed by atoms with Gasteiger partial charge < -0.3 is 5.11 Å². The maximum atomic E-state index is 10.6. The lowest BCUT2D eigenvalue weighted by Gasteiger charge is -2.11. The molecular weight excluding hydrogens is 152 g/mol. The van der Waals surface area contributed by atoms with E-state index in [1.807, 2.05) is 13.8 Å². The lowest BCUT2D eigenvalue weighted by atomic mass is 9.94. The summed E-state index contributed by atoms with van der Waals surface area (Å²) in [5.74, 6) is 0.237. The van der Waals surface area contributed by atoms with Crippen molar-refractivity contribution in [3.8, 4) is 0 Å². The summed E-state index contributed by atoms with van der Waals surface area (Å²) in [6.45, 7) is 4.00. The van der Waals surface area contributed by atoms with E-state index in [1.54, 1.807) is 0 Å². The van der Waals surface area contributed by atoms with E-state index in [1.165, 1.54) is 0 Å². The lowest BCUT2D eigenvalue weighted by Crippen LogP contribution is -2.17. The first-order valence-corrected chi connectivity index (χ1v) is 4.68. The molecule has 0 amide bonds. The van der Waals surface area contributed by atoms with Gasteiger partial charge in [-0.15, -0.1) is 0 Å². The highest BCUT2D eigenvalue weighted by molar-refractivity contribution is 5.71. The van der Waals surface area contributed by atoms with Crippen molar-refractivity contribution in [1.29, 1.82) is 0 Å². The topological polar surface area (TPSA) is 37.3 Å². The zero-order valence-corrected chi connectivity index (χ0v) is 7.66. The number of rotatable bonds is 1. The zero-order valence-electron chi connectivity index (χ0n) is 7.66. The van der Waals surface area contributed by atoms with Gasteiger partial charge in [-0.3, -0.25) is 4.79 Å². The summed E-state index contributed by atoms with van der Waals surface area (Å²) in [5.41, 5.74) is 0. The molecule has 2 bridgehead atoms. The number of carbonyl (C=O) groups is 1. The van der Waals surface area contributed by atoms with Crippen molar-refractivity contribution < 1.29 is 9.90 Å². The van der Waals surface area contributed by atoms with Crippen LogP contribution >= 0.6 is 0 Å². The molecule has 1 saturated carbocycles. The monoisotopic (exact) mass is 168 g/mol. The van der Waals surface area contributed by atoms with Crippen molar-refractivity contribution in [2.45, 2.75) is 26.7 Å². The molecule has 68 valence electrons. The van der Waals surface area contributed by atoms with Crippen LogP contribution in [-0.2, 0) is 4.79 Å². The minimum absolute atomic E-state index is 0.0741. The number of hydrogen-bond donors (Lipinski definition) is 1. The number of carboxylic acids is 1. The molecule has 2 rings (SSSR count). The molecule has 12 heavy (non-hydrogen) atoms. The average molecular weight is 168 g/mol. The molecular formula is C10H16O2. The number of aliphatic carboxylic acids is 1. The fraction of sp³-hybridized carbons (Fsp3) is 0.700. The van der Waals surface area contributed by atoms with Crippen molar-refractivity contribution in [2.24, 2.45) is 17.8 Å². The Balaban J connectivity index is 0.000000336. The van der Waals surface area contributed by atoms with Gasteiger partial charge in [0.05, 0.1) is 5.92 Å². The van der Waals surface area contributed by atoms with Crippen LogP contribution in [0.4, 0.5) is 0 Å². The Labute approximate surface area is 73.3 Å². The van der Waals surface area contributed by atoms with Crippen LogP contribution in [0.5, 0.6) is 0 Å². The second kappa shape index (κ2) is 3.74. The molecule has 0 aromatic carbocycles. The SMILES string of the molecule is CC.O=C(O)C1CC2C=CC1C2. The zero-order chi connectivity index (χ0) is 9.14. The molecule has 0 aliphatic heterocycles. The summed E-state index contributed by atoms with van der Waals surface area (Å²) >= 11 is 0. The van der Waals surface area contributed by atoms with Crippen LogP contribution in [0.25, 0.3) is 0 Å². The normalized spacial score (nSPS) is 36.0. The first kappa shape index (κ1) is 9.30. The summed E-state index contributed by atoms with van der Waals surface area (Å²) in [4.78, 5) is 10.6. The third-order valence-electron chi connectivity index (χ3n) is 2.60. The van der Waals surface area contributed by atoms with E-state index >= 15 is 0 Å². The molecule has 0 aromatic heterocycles. The van der Waals surface area contributed by atoms with Crippen LogP contribution in [0.2, 0.25) is 0 Å². The molecule has 0 spiro atoms. The van der Waals surface area contributed by atoms with Gasteiger partial charge in [0, 0.05) is 0 Å². The summed E-state index contributed by atoms with van der Waals surface area (Å²) < 4.78 is 0. The first-order chi connectivity index (χ1) is 5.77. The maximum Gasteiger partial charge on any atom is 0.307 e. The van der Waals surface area contributed by atoms with E-state index in [0.717, 1.165) is 12.8 Å². The molecule has 0 aromatic rings. The second-order valence-electron chi connectivity index (χ2n) is 3.22. The van der Waals surface area contributed by atoms with Gasteiger partial charge in [-0.1, -0.05) is 26.0 Å². The van der Waals surface area contributed by atoms with Gasteiger partial charge in [-0.05, 0) is 24.7 Å². The Hall–Kier alpha value is -0.790. The number of fused-ring (bicyclic) bond motifs is 2. The predicted molar refractivity (Wildman–Crippen MR) is 47.8 cm³/mol. The Morgan fingerprint density at radius 1 is 1.33 bits per heavy atom. The Morgan fingerprint density at radius 3 is 2.25 bits per heavy atom. The van der Waals surface area contributed by atoms with E-state index in [4.69, 9.17) is 5.11 Å². The molecule has 2 heteroatoms. The van der Waals surface area contributed by atoms with Crippen molar-refractivity contribution in [1.82, 2.24) is 0 Å². The van der Waals surface area contributed by atoms with E-state index in [0.29, 0.717) is 11.8 Å². The predicted octanol–water partition coefficient (Wildman–Crippen LogP) is 2.31. The standard InChI is InChI=1S/C8H10O2.C2H6/c9-8(10)7-4-5-1-2-6(7)3-5;1-2/h1-2,5-7H,3-4H2,(H,9,10);1-2H3. The van der Waals surface area contributed by atoms with E-state index in [9.17, 15) is 4.79 Å². The van der Waals surface area contributed by atoms with Crippen molar-refractivity contribution in [3.63, 3.8) is 0 Å². The Morgan fingerprint density at radius 2 is 2.00 bits per heavy atom. The molecule has 2 nitrogen and oxygen atoms in total. The smallest absolute Gasteiger partial charge is 0.307 e. The molecule has 0 saturated heterocycles. The summed E-state index contributed by atoms with van der Waals surface area (Å²) in [7, 11) is 0. The second-order valence-corrected chi connectivity index (χ2v) is 3.22. The third-order valence-corrected chi connectivity index (χ3v) is 2.60. The van der Waals surface area contributed by atoms with Gasteiger partial charge in [0.15, 0.2) is 0 Å². The van der Waals surface area contributed by atoms with Gasteiger partial charge >= 0.3 is 5.97 Å². The van der Waals surface area contributed by atoms with E-state index < -0.39 is 5.97 Å². The molecule has 1 fully saturated rings. The number of carboxylic acid groups (broad SMARTS) is 1. The van der Waals surface area contributed by atoms with Crippen LogP contribution in [0.3, 0.4) is 0 Å². The van der Waals surface area contributed by atoms with Crippen LogP contribution < -0.4 is 0 Å². The summed E-state index contributed by atoms with van der Waals surface area (Å²) in [6.07, 6.45) is 6.17. The lowest BCUT2D eigenvalue weighted by molar-refractivity contribution is -0.142. The average Bonchev–Trinajstić information content (AvgIpc) is 2.67. The fourth-order valence-electron chi connectivity index (χ4n) is 2.06. The first-order valence-electron chi connectivity index (χ1n) is 4.68. The molecule has 3 atom stereocenters. The van der Waals surface area contributed by atoms with Crippen molar-refractivity contribution >= 4 is 5.97 Å². The Kier molecular flexibility index (Phi) is 2.90. The highest BCUT2D eigenvalue weighted by Gasteiger charge is 2.39. The maximum absolute atomic E-state index is 10.6. The minimum Gasteiger partial charge on any atom is -0.481 e. The molecule has 0 radical (unpaired) electrons. The van der Waals surface area contributed by atoms with Crippen molar-refractivity contribution in [3.05, 3.63) is 12.2 Å². The van der Waals surface area contributed by atoms with Crippen LogP contribution in [0.15, 0.2) is 12.2 Å². The molecule has 2 aliphatic carbocycles. The fourth-order valence-corrected chi connectivity index (χ4v) is 2.06. The van der Waals surface area contributed by atoms with Crippen LogP contribution in [-0.4, -0.2) is 11.1 Å². The van der Waals surface area contributed by atoms with Gasteiger partial charge in [0.25, 0.3) is 0 Å². The molecule has 2 aliphatic rings. The van der Waals surface area contributed by atoms with E-state index in [2.05, 4.69) is 12.2 Å². The minimum atomic E-state index is -0.614. The van der Waals surface area contributed by atoms with Crippen LogP contribution in [0.1, 0.15) is 26.7 Å². The number of hydrogen-bond acceptors (Lipinski definition) is 1. The highest BCUT2D eigenvalue weighted by Crippen LogP contribution is 2.43. The number of allylic oxidation sites excluding steroid dienone is 2. The van der Waals surface area contributed by atoms with Gasteiger partial charge in [0.1, 0.15) is 0 Å². The van der Waals surface area contributed by atoms with Crippen molar-refractivity contribution in [2.75, 3.05) is 0 Å². The quantitative estimate of drug-likeness (QED) is 0.610. The molecule has 1 N–H and O–H groups in total. The van der Waals surface area contributed by atoms with Gasteiger partial charge in [-0.2, -0.15) is 0 Å². The molecule has 0 heterocycles. The summed E-state index contributed by atoms with van der Waals surface area (Å²) in [5, 5.41) is 8.70. The molecule has 3 unspecified atom stereocenters. The Bertz CT molecular complexity index is 196. The third kappa shape index (κ3) is 1.52. The van der Waals surface area contributed by atoms with Crippen LogP contribution in [0, 0.1) is 17.8 Å². The van der Waals surface area contributed by atoms with Gasteiger partial charge in [0.2, 0.25) is 0 Å². The van der Waals surface area contributed by atoms with E-state index in [-0.39, 0.29) is 5.92 Å². The summed E-state index contributed by atoms with van der Waals surface area (Å²) in [6, 6.07) is 0. The largest absolute Gasteiger partial charge is 0.481 e. The highest BCUT2D eigenvalue weighted by atomic mass is 16.4. The van der Waals surface area contributed by atoms with Gasteiger partial charge in [-0.25, -0.2) is 0 Å².